The van der Waals surface area contributed by atoms with E-state index in [2.05, 4.69) is 41.6 Å². The molecular formula is C30H42N4O4. The number of aliphatic hydroxyl groups excluding tert-OH is 1. The van der Waals surface area contributed by atoms with E-state index in [0.717, 1.165) is 32.2 Å². The first-order valence-corrected chi connectivity index (χ1v) is 13.9. The molecule has 206 valence electrons. The van der Waals surface area contributed by atoms with Gasteiger partial charge in [-0.15, -0.1) is 0 Å². The minimum Gasteiger partial charge on any atom is -0.486 e. The molecule has 3 amide bonds. The second-order valence-corrected chi connectivity index (χ2v) is 10.9. The van der Waals surface area contributed by atoms with Gasteiger partial charge in [0.15, 0.2) is 5.75 Å². The Balaban J connectivity index is 1.60. The van der Waals surface area contributed by atoms with Gasteiger partial charge >= 0.3 is 6.03 Å². The number of rotatable bonds is 8. The average molecular weight is 523 g/mol. The predicted octanol–water partition coefficient (Wildman–Crippen LogP) is 4.49. The van der Waals surface area contributed by atoms with Crippen LogP contribution in [0.4, 0.5) is 10.5 Å². The fraction of sp³-hybridized carbons (Fsp3) is 0.533. The summed E-state index contributed by atoms with van der Waals surface area (Å²) in [6.07, 6.45) is 5.18. The second kappa shape index (κ2) is 13.1. The van der Waals surface area contributed by atoms with Gasteiger partial charge < -0.3 is 25.4 Å². The van der Waals surface area contributed by atoms with Gasteiger partial charge in [-0.05, 0) is 44.5 Å². The summed E-state index contributed by atoms with van der Waals surface area (Å²) in [7, 11) is 2.06. The molecule has 1 aliphatic heterocycles. The van der Waals surface area contributed by atoms with Crippen molar-refractivity contribution in [3.05, 3.63) is 59.7 Å². The molecule has 0 spiro atoms. The van der Waals surface area contributed by atoms with Crippen LogP contribution in [0.5, 0.6) is 5.75 Å². The van der Waals surface area contributed by atoms with Crippen molar-refractivity contribution in [3.8, 4) is 5.75 Å². The summed E-state index contributed by atoms with van der Waals surface area (Å²) in [5.41, 5.74) is 2.08. The van der Waals surface area contributed by atoms with Crippen LogP contribution in [-0.2, 0) is 6.54 Å². The summed E-state index contributed by atoms with van der Waals surface area (Å²) >= 11 is 0. The number of amides is 3. The van der Waals surface area contributed by atoms with E-state index in [0.29, 0.717) is 30.1 Å². The number of para-hydroxylation sites is 1. The van der Waals surface area contributed by atoms with Crippen LogP contribution in [-0.4, -0.2) is 71.8 Å². The van der Waals surface area contributed by atoms with Crippen LogP contribution in [0.2, 0.25) is 0 Å². The largest absolute Gasteiger partial charge is 0.486 e. The number of carbonyl (C=O) groups is 2. The molecule has 2 aliphatic rings. The summed E-state index contributed by atoms with van der Waals surface area (Å²) in [5.74, 6) is 0.167. The molecule has 2 aromatic carbocycles. The maximum atomic E-state index is 13.7. The number of likely N-dealkylation sites (N-methyl/N-ethyl adjacent to an activating group) is 1. The first kappa shape index (κ1) is 27.9. The Kier molecular flexibility index (Phi) is 9.63. The maximum Gasteiger partial charge on any atom is 0.319 e. The average Bonchev–Trinajstić information content (AvgIpc) is 2.91. The lowest BCUT2D eigenvalue weighted by Gasteiger charge is -2.38. The lowest BCUT2D eigenvalue weighted by atomic mass is 9.96. The molecule has 3 atom stereocenters. The van der Waals surface area contributed by atoms with Crippen LogP contribution in [0, 0.1) is 5.92 Å². The van der Waals surface area contributed by atoms with E-state index in [9.17, 15) is 14.7 Å². The highest BCUT2D eigenvalue weighted by atomic mass is 16.5. The van der Waals surface area contributed by atoms with Gasteiger partial charge in [-0.2, -0.15) is 0 Å². The van der Waals surface area contributed by atoms with Gasteiger partial charge in [-0.3, -0.25) is 9.69 Å². The van der Waals surface area contributed by atoms with E-state index >= 15 is 0 Å². The van der Waals surface area contributed by atoms with E-state index < -0.39 is 0 Å². The van der Waals surface area contributed by atoms with Gasteiger partial charge in [-0.25, -0.2) is 4.79 Å². The van der Waals surface area contributed by atoms with Crippen molar-refractivity contribution in [3.63, 3.8) is 0 Å². The molecule has 38 heavy (non-hydrogen) atoms. The third kappa shape index (κ3) is 7.05. The summed E-state index contributed by atoms with van der Waals surface area (Å²) in [5, 5.41) is 16.0. The van der Waals surface area contributed by atoms with Gasteiger partial charge in [0.1, 0.15) is 6.10 Å². The fourth-order valence-corrected chi connectivity index (χ4v) is 5.42. The molecule has 2 aromatic rings. The van der Waals surface area contributed by atoms with Crippen molar-refractivity contribution >= 4 is 17.6 Å². The topological polar surface area (TPSA) is 94.1 Å². The van der Waals surface area contributed by atoms with E-state index in [4.69, 9.17) is 4.74 Å². The number of aliphatic hydroxyl groups is 1. The highest BCUT2D eigenvalue weighted by molar-refractivity contribution is 6.01. The maximum absolute atomic E-state index is 13.7. The molecule has 8 heteroatoms. The number of ether oxygens (including phenoxy) is 1. The number of benzene rings is 2. The highest BCUT2D eigenvalue weighted by Gasteiger charge is 2.34. The Morgan fingerprint density at radius 3 is 2.58 bits per heavy atom. The predicted molar refractivity (Wildman–Crippen MR) is 149 cm³/mol. The molecule has 0 aromatic heterocycles. The van der Waals surface area contributed by atoms with Gasteiger partial charge in [-0.1, -0.05) is 62.6 Å². The molecule has 8 nitrogen and oxygen atoms in total. The number of hydrogen-bond acceptors (Lipinski definition) is 5. The van der Waals surface area contributed by atoms with Crippen LogP contribution in [0.1, 0.15) is 61.9 Å². The van der Waals surface area contributed by atoms with Crippen LogP contribution in [0.3, 0.4) is 0 Å². The summed E-state index contributed by atoms with van der Waals surface area (Å²) < 4.78 is 6.62. The zero-order valence-electron chi connectivity index (χ0n) is 22.9. The van der Waals surface area contributed by atoms with Gasteiger partial charge in [0.2, 0.25) is 0 Å². The zero-order valence-corrected chi connectivity index (χ0v) is 22.9. The number of nitrogens with zero attached hydrogens (tertiary/aromatic N) is 2. The smallest absolute Gasteiger partial charge is 0.319 e. The normalized spacial score (nSPS) is 21.2. The third-order valence-electron chi connectivity index (χ3n) is 7.67. The van der Waals surface area contributed by atoms with Crippen LogP contribution < -0.4 is 15.4 Å². The summed E-state index contributed by atoms with van der Waals surface area (Å²) in [6, 6.07) is 15.1. The minimum absolute atomic E-state index is 0.0107. The third-order valence-corrected chi connectivity index (χ3v) is 7.67. The minimum atomic E-state index is -0.343. The Bertz CT molecular complexity index is 1070. The number of fused-ring (bicyclic) bond motifs is 1. The summed E-state index contributed by atoms with van der Waals surface area (Å²) in [6.45, 7) is 5.65. The van der Waals surface area contributed by atoms with E-state index in [1.807, 2.05) is 25.1 Å². The van der Waals surface area contributed by atoms with Crippen molar-refractivity contribution in [2.45, 2.75) is 70.7 Å². The van der Waals surface area contributed by atoms with Crippen LogP contribution in [0.15, 0.2) is 48.5 Å². The number of nitrogens with one attached hydrogen (secondary N) is 2. The highest BCUT2D eigenvalue weighted by Crippen LogP contribution is 2.35. The molecule has 0 saturated heterocycles. The molecule has 0 bridgehead atoms. The Morgan fingerprint density at radius 1 is 1.13 bits per heavy atom. The zero-order chi connectivity index (χ0) is 27.1. The van der Waals surface area contributed by atoms with Crippen molar-refractivity contribution < 1.29 is 19.4 Å². The lowest BCUT2D eigenvalue weighted by molar-refractivity contribution is 0.0343. The molecule has 3 N–H and O–H groups in total. The first-order valence-electron chi connectivity index (χ1n) is 13.9. The van der Waals surface area contributed by atoms with Crippen molar-refractivity contribution in [1.82, 2.24) is 15.1 Å². The lowest BCUT2D eigenvalue weighted by Crippen LogP contribution is -2.49. The van der Waals surface area contributed by atoms with E-state index in [1.165, 1.54) is 12.0 Å². The van der Waals surface area contributed by atoms with Crippen LogP contribution >= 0.6 is 0 Å². The van der Waals surface area contributed by atoms with Crippen molar-refractivity contribution in [1.29, 1.82) is 0 Å². The molecular weight excluding hydrogens is 480 g/mol. The fourth-order valence-electron chi connectivity index (χ4n) is 5.42. The van der Waals surface area contributed by atoms with Gasteiger partial charge in [0.25, 0.3) is 5.91 Å². The quantitative estimate of drug-likeness (QED) is 0.475. The van der Waals surface area contributed by atoms with Gasteiger partial charge in [0.05, 0.1) is 23.9 Å². The first-order chi connectivity index (χ1) is 18.4. The van der Waals surface area contributed by atoms with Crippen molar-refractivity contribution in [2.24, 2.45) is 5.92 Å². The molecule has 0 unspecified atom stereocenters. The van der Waals surface area contributed by atoms with Gasteiger partial charge in [0, 0.05) is 31.6 Å². The SMILES string of the molecule is C[C@@H]1CN([C@H](C)CO)C(=O)c2cccc(NC(=O)NC3CCCCC3)c2O[C@@H]1CN(C)Cc1ccccc1. The van der Waals surface area contributed by atoms with Crippen LogP contribution in [0.25, 0.3) is 0 Å². The molecule has 0 radical (unpaired) electrons. The molecule has 1 saturated carbocycles. The molecule has 1 fully saturated rings. The number of carbonyl (C=O) groups excluding carboxylic acids is 2. The number of hydrogen-bond donors (Lipinski definition) is 3. The monoisotopic (exact) mass is 522 g/mol. The molecule has 1 heterocycles. The molecule has 4 rings (SSSR count). The van der Waals surface area contributed by atoms with E-state index in [1.54, 1.807) is 23.1 Å². The van der Waals surface area contributed by atoms with E-state index in [-0.39, 0.29) is 42.7 Å². The standard InChI is InChI=1S/C30H42N4O4/c1-21-17-34(22(2)20-35)29(36)25-15-10-16-26(32-30(37)31-24-13-8-5-9-14-24)28(25)38-27(21)19-33(3)18-23-11-6-4-7-12-23/h4,6-7,10-12,15-16,21-22,24,27,35H,5,8-9,13-14,17-20H2,1-3H3,(H2,31,32,37)/t21-,22-,27-/m1/s1. The Labute approximate surface area is 226 Å². The Morgan fingerprint density at radius 2 is 1.87 bits per heavy atom. The molecule has 1 aliphatic carbocycles. The van der Waals surface area contributed by atoms with Crippen molar-refractivity contribution in [2.75, 3.05) is 32.1 Å². The number of urea groups is 1. The Hall–Kier alpha value is -3.10. The summed E-state index contributed by atoms with van der Waals surface area (Å²) in [4.78, 5) is 30.5. The second-order valence-electron chi connectivity index (χ2n) is 10.9. The number of anilines is 1.